The van der Waals surface area contributed by atoms with Crippen molar-refractivity contribution in [2.45, 2.75) is 19.5 Å². The van der Waals surface area contributed by atoms with Gasteiger partial charge in [0.05, 0.1) is 13.2 Å². The second kappa shape index (κ2) is 7.40. The van der Waals surface area contributed by atoms with Gasteiger partial charge in [0.15, 0.2) is 0 Å². The number of aromatic nitrogens is 2. The van der Waals surface area contributed by atoms with Gasteiger partial charge in [-0.15, -0.1) is 0 Å². The molecule has 2 heterocycles. The number of amides is 1. The second-order valence-corrected chi connectivity index (χ2v) is 5.98. The molecule has 0 aliphatic carbocycles. The van der Waals surface area contributed by atoms with Gasteiger partial charge in [0.25, 0.3) is 0 Å². The molecule has 1 aliphatic rings. The van der Waals surface area contributed by atoms with E-state index in [2.05, 4.69) is 14.9 Å². The van der Waals surface area contributed by atoms with E-state index < -0.39 is 0 Å². The molecule has 6 nitrogen and oxygen atoms in total. The number of carbonyl (C=O) groups excluding carboxylic acids is 1. The van der Waals surface area contributed by atoms with E-state index in [1.54, 1.807) is 14.0 Å². The van der Waals surface area contributed by atoms with Crippen molar-refractivity contribution in [3.8, 4) is 5.75 Å². The van der Waals surface area contributed by atoms with Crippen LogP contribution < -0.4 is 4.74 Å². The van der Waals surface area contributed by atoms with Crippen molar-refractivity contribution in [1.29, 1.82) is 0 Å². The fourth-order valence-electron chi connectivity index (χ4n) is 3.14. The summed E-state index contributed by atoms with van der Waals surface area (Å²) in [5, 5.41) is 0. The van der Waals surface area contributed by atoms with Crippen molar-refractivity contribution in [1.82, 2.24) is 19.8 Å². The maximum Gasteiger partial charge on any atom is 0.220 e. The Bertz CT molecular complexity index is 675. The predicted octanol–water partition coefficient (Wildman–Crippen LogP) is 1.89. The molecule has 3 rings (SSSR count). The molecule has 1 amide bonds. The number of rotatable bonds is 4. The van der Waals surface area contributed by atoms with Gasteiger partial charge >= 0.3 is 0 Å². The molecule has 1 atom stereocenters. The minimum absolute atomic E-state index is 0.0480. The van der Waals surface area contributed by atoms with E-state index in [0.717, 1.165) is 43.1 Å². The van der Waals surface area contributed by atoms with Gasteiger partial charge in [-0.3, -0.25) is 9.69 Å². The molecular formula is C18H22N4O2. The van der Waals surface area contributed by atoms with Crippen molar-refractivity contribution in [2.24, 2.45) is 0 Å². The van der Waals surface area contributed by atoms with Crippen LogP contribution in [0, 0.1) is 0 Å². The molecule has 1 aromatic heterocycles. The van der Waals surface area contributed by atoms with Crippen molar-refractivity contribution < 1.29 is 9.53 Å². The molecule has 1 aromatic carbocycles. The number of hydrogen-bond donors (Lipinski definition) is 0. The van der Waals surface area contributed by atoms with Crippen LogP contribution in [-0.4, -0.2) is 52.4 Å². The Kier molecular flexibility index (Phi) is 5.05. The molecule has 0 saturated carbocycles. The summed E-state index contributed by atoms with van der Waals surface area (Å²) in [6.45, 7) is 4.79. The Morgan fingerprint density at radius 3 is 2.54 bits per heavy atom. The maximum atomic E-state index is 12.0. The Labute approximate surface area is 142 Å². The number of piperazine rings is 1. The summed E-state index contributed by atoms with van der Waals surface area (Å²) in [6, 6.07) is 8.00. The Balaban J connectivity index is 1.77. The van der Waals surface area contributed by atoms with E-state index >= 15 is 0 Å². The highest BCUT2D eigenvalue weighted by Gasteiger charge is 2.29. The molecule has 126 valence electrons. The van der Waals surface area contributed by atoms with E-state index in [0.29, 0.717) is 0 Å². The minimum Gasteiger partial charge on any atom is -0.497 e. The second-order valence-electron chi connectivity index (χ2n) is 5.98. The number of carbonyl (C=O) groups is 1. The molecule has 0 bridgehead atoms. The first-order chi connectivity index (χ1) is 11.7. The summed E-state index contributed by atoms with van der Waals surface area (Å²) in [7, 11) is 1.65. The molecule has 2 aromatic rings. The quantitative estimate of drug-likeness (QED) is 0.859. The van der Waals surface area contributed by atoms with Gasteiger partial charge in [-0.2, -0.15) is 0 Å². The number of ether oxygens (including phenoxy) is 1. The van der Waals surface area contributed by atoms with E-state index in [1.807, 2.05) is 41.6 Å². The standard InChI is InChI=1S/C18H22N4O2/c1-14(23)22-8-7-21(11-15-9-19-13-20-10-15)12-18(22)16-3-5-17(24-2)6-4-16/h3-6,9-10,13,18H,7-8,11-12H2,1-2H3/t18-/m1/s1. The number of methoxy groups -OCH3 is 1. The zero-order valence-corrected chi connectivity index (χ0v) is 14.1. The Hall–Kier alpha value is -2.47. The molecule has 0 N–H and O–H groups in total. The average Bonchev–Trinajstić information content (AvgIpc) is 2.62. The van der Waals surface area contributed by atoms with Crippen molar-refractivity contribution in [3.05, 3.63) is 54.1 Å². The molecule has 0 radical (unpaired) electrons. The summed E-state index contributed by atoms with van der Waals surface area (Å²) < 4.78 is 5.23. The summed E-state index contributed by atoms with van der Waals surface area (Å²) in [4.78, 5) is 24.5. The molecule has 1 fully saturated rings. The summed E-state index contributed by atoms with van der Waals surface area (Å²) >= 11 is 0. The first-order valence-electron chi connectivity index (χ1n) is 8.05. The first kappa shape index (κ1) is 16.4. The van der Waals surface area contributed by atoms with Gasteiger partial charge < -0.3 is 9.64 Å². The monoisotopic (exact) mass is 326 g/mol. The molecule has 1 saturated heterocycles. The van der Waals surface area contributed by atoms with Crippen LogP contribution in [0.15, 0.2) is 43.0 Å². The fourth-order valence-corrected chi connectivity index (χ4v) is 3.14. The van der Waals surface area contributed by atoms with Gasteiger partial charge in [0, 0.05) is 51.1 Å². The van der Waals surface area contributed by atoms with Crippen molar-refractivity contribution in [2.75, 3.05) is 26.7 Å². The first-order valence-corrected chi connectivity index (χ1v) is 8.05. The van der Waals surface area contributed by atoms with Crippen LogP contribution in [-0.2, 0) is 11.3 Å². The molecule has 0 spiro atoms. The molecular weight excluding hydrogens is 304 g/mol. The highest BCUT2D eigenvalue weighted by Crippen LogP contribution is 2.27. The minimum atomic E-state index is 0.0480. The summed E-state index contributed by atoms with van der Waals surface area (Å²) in [6.07, 6.45) is 5.22. The van der Waals surface area contributed by atoms with Crippen LogP contribution in [0.1, 0.15) is 24.1 Å². The smallest absolute Gasteiger partial charge is 0.220 e. The molecule has 1 aliphatic heterocycles. The topological polar surface area (TPSA) is 58.6 Å². The van der Waals surface area contributed by atoms with Gasteiger partial charge in [0.1, 0.15) is 12.1 Å². The number of nitrogens with zero attached hydrogens (tertiary/aromatic N) is 4. The van der Waals surface area contributed by atoms with Crippen LogP contribution in [0.4, 0.5) is 0 Å². The maximum absolute atomic E-state index is 12.0. The van der Waals surface area contributed by atoms with E-state index in [1.165, 1.54) is 6.33 Å². The largest absolute Gasteiger partial charge is 0.497 e. The summed E-state index contributed by atoms with van der Waals surface area (Å²) in [5.74, 6) is 0.931. The highest BCUT2D eigenvalue weighted by atomic mass is 16.5. The van der Waals surface area contributed by atoms with Crippen LogP contribution in [0.25, 0.3) is 0 Å². The number of hydrogen-bond acceptors (Lipinski definition) is 5. The average molecular weight is 326 g/mol. The van der Waals surface area contributed by atoms with Gasteiger partial charge in [-0.05, 0) is 17.7 Å². The lowest BCUT2D eigenvalue weighted by Gasteiger charge is -2.41. The number of benzene rings is 1. The van der Waals surface area contributed by atoms with Crippen LogP contribution in [0.2, 0.25) is 0 Å². The zero-order valence-electron chi connectivity index (χ0n) is 14.1. The third kappa shape index (κ3) is 3.71. The fraction of sp³-hybridized carbons (Fsp3) is 0.389. The highest BCUT2D eigenvalue weighted by molar-refractivity contribution is 5.74. The van der Waals surface area contributed by atoms with Gasteiger partial charge in [-0.1, -0.05) is 12.1 Å². The van der Waals surface area contributed by atoms with Crippen molar-refractivity contribution >= 4 is 5.91 Å². The predicted molar refractivity (Wildman–Crippen MR) is 90.4 cm³/mol. The Morgan fingerprint density at radius 2 is 1.92 bits per heavy atom. The van der Waals surface area contributed by atoms with E-state index in [9.17, 15) is 4.79 Å². The van der Waals surface area contributed by atoms with Crippen LogP contribution in [0.5, 0.6) is 5.75 Å². The zero-order chi connectivity index (χ0) is 16.9. The summed E-state index contributed by atoms with van der Waals surface area (Å²) in [5.41, 5.74) is 2.21. The lowest BCUT2D eigenvalue weighted by molar-refractivity contribution is -0.134. The Morgan fingerprint density at radius 1 is 1.21 bits per heavy atom. The lowest BCUT2D eigenvalue weighted by atomic mass is 10.0. The third-order valence-electron chi connectivity index (χ3n) is 4.39. The van der Waals surface area contributed by atoms with Gasteiger partial charge in [0.2, 0.25) is 5.91 Å². The van der Waals surface area contributed by atoms with Crippen LogP contribution >= 0.6 is 0 Å². The molecule has 0 unspecified atom stereocenters. The van der Waals surface area contributed by atoms with Crippen molar-refractivity contribution in [3.63, 3.8) is 0 Å². The van der Waals surface area contributed by atoms with E-state index in [-0.39, 0.29) is 11.9 Å². The van der Waals surface area contributed by atoms with Gasteiger partial charge in [-0.25, -0.2) is 9.97 Å². The lowest BCUT2D eigenvalue weighted by Crippen LogP contribution is -2.49. The third-order valence-corrected chi connectivity index (χ3v) is 4.39. The van der Waals surface area contributed by atoms with E-state index in [4.69, 9.17) is 4.74 Å². The molecule has 6 heteroatoms. The van der Waals surface area contributed by atoms with Crippen LogP contribution in [0.3, 0.4) is 0 Å². The molecule has 24 heavy (non-hydrogen) atoms. The SMILES string of the molecule is COc1ccc([C@H]2CN(Cc3cncnc3)CCN2C(C)=O)cc1. The normalized spacial score (nSPS) is 18.4.